The van der Waals surface area contributed by atoms with Gasteiger partial charge in [-0.3, -0.25) is 0 Å². The maximum atomic E-state index is 8.74. The van der Waals surface area contributed by atoms with Gasteiger partial charge < -0.3 is 0 Å². The zero-order valence-corrected chi connectivity index (χ0v) is 10.7. The van der Waals surface area contributed by atoms with Crippen molar-refractivity contribution in [2.24, 2.45) is 0 Å². The van der Waals surface area contributed by atoms with Crippen LogP contribution in [0.4, 0.5) is 0 Å². The topological polar surface area (TPSA) is 23.8 Å². The Morgan fingerprint density at radius 1 is 1.36 bits per heavy atom. The molecule has 0 aliphatic carbocycles. The van der Waals surface area contributed by atoms with Crippen LogP contribution in [0.25, 0.3) is 0 Å². The zero-order chi connectivity index (χ0) is 11.1. The summed E-state index contributed by atoms with van der Waals surface area (Å²) < 4.78 is 1.03. The highest BCUT2D eigenvalue weighted by molar-refractivity contribution is 9.10. The summed E-state index contributed by atoms with van der Waals surface area (Å²) >= 11 is 3.38. The molecule has 0 heterocycles. The predicted molar refractivity (Wildman–Crippen MR) is 64.3 cm³/mol. The van der Waals surface area contributed by atoms with Gasteiger partial charge in [-0.2, -0.15) is 5.26 Å². The van der Waals surface area contributed by atoms with E-state index in [4.69, 9.17) is 5.26 Å². The number of rotatable bonds is 1. The molecule has 0 radical (unpaired) electrons. The molecule has 1 rings (SSSR count). The van der Waals surface area contributed by atoms with Gasteiger partial charge in [0.1, 0.15) is 0 Å². The summed E-state index contributed by atoms with van der Waals surface area (Å²) in [5.74, 6) is -0.0255. The van der Waals surface area contributed by atoms with Crippen molar-refractivity contribution in [1.29, 1.82) is 5.26 Å². The summed E-state index contributed by atoms with van der Waals surface area (Å²) in [7, 11) is 0. The summed E-state index contributed by atoms with van der Waals surface area (Å²) in [6, 6.07) is 8.24. The maximum absolute atomic E-state index is 8.74. The van der Waals surface area contributed by atoms with Crippen molar-refractivity contribution < 1.29 is 0 Å². The molecular weight excluding hydrogens is 238 g/mol. The van der Waals surface area contributed by atoms with E-state index < -0.39 is 0 Å². The summed E-state index contributed by atoms with van der Waals surface area (Å²) in [6.45, 7) is 7.93. The Bertz CT molecular complexity index is 326. The molecule has 0 fully saturated rings. The third-order valence-electron chi connectivity index (χ3n) is 1.90. The number of aryl methyl sites for hydroxylation is 1. The van der Waals surface area contributed by atoms with Crippen molar-refractivity contribution in [2.75, 3.05) is 0 Å². The van der Waals surface area contributed by atoms with Gasteiger partial charge in [0.05, 0.1) is 12.0 Å². The lowest BCUT2D eigenvalue weighted by Crippen LogP contribution is -1.92. The number of hydrogen-bond donors (Lipinski definition) is 0. The fourth-order valence-corrected chi connectivity index (χ4v) is 1.53. The van der Waals surface area contributed by atoms with Crippen molar-refractivity contribution >= 4 is 15.9 Å². The molecule has 0 bridgehead atoms. The lowest BCUT2D eigenvalue weighted by atomic mass is 9.98. The second-order valence-corrected chi connectivity index (χ2v) is 3.77. The first-order valence-electron chi connectivity index (χ1n) is 4.81. The van der Waals surface area contributed by atoms with Crippen LogP contribution >= 0.6 is 15.9 Å². The molecule has 0 saturated carbocycles. The second kappa shape index (κ2) is 6.62. The molecule has 1 atom stereocenters. The van der Waals surface area contributed by atoms with Gasteiger partial charge in [0, 0.05) is 4.47 Å². The Balaban J connectivity index is 0.000000791. The van der Waals surface area contributed by atoms with E-state index in [0.717, 1.165) is 10.0 Å². The van der Waals surface area contributed by atoms with Gasteiger partial charge in [-0.15, -0.1) is 0 Å². The van der Waals surface area contributed by atoms with Crippen LogP contribution in [-0.4, -0.2) is 0 Å². The van der Waals surface area contributed by atoms with Crippen molar-refractivity contribution in [2.45, 2.75) is 33.6 Å². The van der Waals surface area contributed by atoms with Crippen molar-refractivity contribution in [1.82, 2.24) is 0 Å². The van der Waals surface area contributed by atoms with E-state index in [1.54, 1.807) is 0 Å². The predicted octanol–water partition coefficient (Wildman–Crippen LogP) is 4.41. The van der Waals surface area contributed by atoms with Crippen molar-refractivity contribution in [3.63, 3.8) is 0 Å². The van der Waals surface area contributed by atoms with E-state index in [2.05, 4.69) is 22.0 Å². The Morgan fingerprint density at radius 2 is 1.93 bits per heavy atom. The molecular formula is C12H16BrN. The first kappa shape index (κ1) is 13.2. The van der Waals surface area contributed by atoms with E-state index in [1.807, 2.05) is 45.9 Å². The molecule has 1 nitrogen and oxygen atoms in total. The average molecular weight is 254 g/mol. The molecule has 0 amide bonds. The van der Waals surface area contributed by atoms with Gasteiger partial charge >= 0.3 is 0 Å². The van der Waals surface area contributed by atoms with Crippen LogP contribution in [0.1, 0.15) is 37.8 Å². The molecule has 0 spiro atoms. The minimum atomic E-state index is -0.0255. The second-order valence-electron chi connectivity index (χ2n) is 2.85. The van der Waals surface area contributed by atoms with E-state index in [1.165, 1.54) is 5.56 Å². The molecule has 1 unspecified atom stereocenters. The van der Waals surface area contributed by atoms with Gasteiger partial charge in [-0.1, -0.05) is 35.8 Å². The molecule has 1 aromatic rings. The normalized spacial score (nSPS) is 10.9. The van der Waals surface area contributed by atoms with Crippen LogP contribution in [0.5, 0.6) is 0 Å². The maximum Gasteiger partial charge on any atom is 0.0701 e. The van der Waals surface area contributed by atoms with Crippen LogP contribution in [-0.2, 0) is 0 Å². The van der Waals surface area contributed by atoms with Crippen LogP contribution in [0.15, 0.2) is 22.7 Å². The van der Waals surface area contributed by atoms with Crippen LogP contribution in [0.3, 0.4) is 0 Å². The smallest absolute Gasteiger partial charge is 0.0701 e. The summed E-state index contributed by atoms with van der Waals surface area (Å²) in [6.07, 6.45) is 0. The SMILES string of the molecule is CC.Cc1ccc(Br)cc1C(C)C#N. The number of nitriles is 1. The largest absolute Gasteiger partial charge is 0.198 e. The highest BCUT2D eigenvalue weighted by Gasteiger charge is 2.06. The van der Waals surface area contributed by atoms with E-state index in [-0.39, 0.29) is 5.92 Å². The van der Waals surface area contributed by atoms with Crippen LogP contribution < -0.4 is 0 Å². The fourth-order valence-electron chi connectivity index (χ4n) is 1.15. The molecule has 2 heteroatoms. The summed E-state index contributed by atoms with van der Waals surface area (Å²) in [4.78, 5) is 0. The highest BCUT2D eigenvalue weighted by atomic mass is 79.9. The number of benzene rings is 1. The minimum Gasteiger partial charge on any atom is -0.198 e. The Hall–Kier alpha value is -0.810. The third-order valence-corrected chi connectivity index (χ3v) is 2.39. The highest BCUT2D eigenvalue weighted by Crippen LogP contribution is 2.22. The number of nitrogens with zero attached hydrogens (tertiary/aromatic N) is 1. The van der Waals surface area contributed by atoms with Gasteiger partial charge in [0.2, 0.25) is 0 Å². The van der Waals surface area contributed by atoms with Gasteiger partial charge in [0.15, 0.2) is 0 Å². The average Bonchev–Trinajstić information content (AvgIpc) is 2.23. The van der Waals surface area contributed by atoms with Crippen LogP contribution in [0, 0.1) is 18.3 Å². The molecule has 14 heavy (non-hydrogen) atoms. The number of halogens is 1. The molecule has 1 aromatic carbocycles. The standard InChI is InChI=1S/C10H10BrN.C2H6/c1-7-3-4-9(11)5-10(7)8(2)6-12;1-2/h3-5,8H,1-2H3;1-2H3. The monoisotopic (exact) mass is 253 g/mol. The quantitative estimate of drug-likeness (QED) is 0.728. The number of hydrogen-bond acceptors (Lipinski definition) is 1. The van der Waals surface area contributed by atoms with Crippen LogP contribution in [0.2, 0.25) is 0 Å². The molecule has 0 aliphatic rings. The first-order valence-corrected chi connectivity index (χ1v) is 5.60. The summed E-state index contributed by atoms with van der Waals surface area (Å²) in [5, 5.41) is 8.74. The van der Waals surface area contributed by atoms with E-state index in [0.29, 0.717) is 0 Å². The fraction of sp³-hybridized carbons (Fsp3) is 0.417. The first-order chi connectivity index (χ1) is 6.65. The van der Waals surface area contributed by atoms with Crippen molar-refractivity contribution in [3.05, 3.63) is 33.8 Å². The molecule has 0 aliphatic heterocycles. The van der Waals surface area contributed by atoms with Gasteiger partial charge in [-0.05, 0) is 37.1 Å². The van der Waals surface area contributed by atoms with Crippen molar-refractivity contribution in [3.8, 4) is 6.07 Å². The Morgan fingerprint density at radius 3 is 2.43 bits per heavy atom. The Labute approximate surface area is 94.9 Å². The minimum absolute atomic E-state index is 0.0255. The van der Waals surface area contributed by atoms with Gasteiger partial charge in [-0.25, -0.2) is 0 Å². The van der Waals surface area contributed by atoms with E-state index in [9.17, 15) is 0 Å². The van der Waals surface area contributed by atoms with Gasteiger partial charge in [0.25, 0.3) is 0 Å². The summed E-state index contributed by atoms with van der Waals surface area (Å²) in [5.41, 5.74) is 2.28. The van der Waals surface area contributed by atoms with E-state index >= 15 is 0 Å². The lowest BCUT2D eigenvalue weighted by Gasteiger charge is -2.07. The molecule has 0 N–H and O–H groups in total. The third kappa shape index (κ3) is 3.51. The lowest BCUT2D eigenvalue weighted by molar-refractivity contribution is 0.964. The molecule has 0 saturated heterocycles. The zero-order valence-electron chi connectivity index (χ0n) is 9.13. The molecule has 0 aromatic heterocycles. The molecule has 76 valence electrons. The Kier molecular flexibility index (Phi) is 6.23.